The number of hydrogen-bond donors (Lipinski definition) is 1. The van der Waals surface area contributed by atoms with E-state index in [-0.39, 0.29) is 23.9 Å². The minimum absolute atomic E-state index is 0.00981. The summed E-state index contributed by atoms with van der Waals surface area (Å²) in [5.74, 6) is 0.595. The van der Waals surface area contributed by atoms with Gasteiger partial charge in [0, 0.05) is 13.1 Å². The molecule has 108 valence electrons. The number of hydrogen-bond acceptors (Lipinski definition) is 3. The molecule has 2 saturated heterocycles. The van der Waals surface area contributed by atoms with Gasteiger partial charge in [-0.3, -0.25) is 9.59 Å². The molecule has 0 aromatic heterocycles. The summed E-state index contributed by atoms with van der Waals surface area (Å²) in [6.45, 7) is 6.70. The van der Waals surface area contributed by atoms with Crippen molar-refractivity contribution in [2.45, 2.75) is 45.2 Å². The highest BCUT2D eigenvalue weighted by Crippen LogP contribution is 2.20. The minimum Gasteiger partial charge on any atom is -0.343 e. The van der Waals surface area contributed by atoms with Crippen molar-refractivity contribution in [1.82, 2.24) is 15.1 Å². The standard InChI is InChI=1S/C14H25N3O2/c1-4-5-12-14(19)17(10(2)13(18)15-12)9-11-6-7-16(3)8-11/h10-12H,4-9H2,1-3H3,(H,15,18). The van der Waals surface area contributed by atoms with Crippen LogP contribution in [0, 0.1) is 5.92 Å². The van der Waals surface area contributed by atoms with Gasteiger partial charge in [0.1, 0.15) is 12.1 Å². The third-order valence-electron chi connectivity index (χ3n) is 4.27. The van der Waals surface area contributed by atoms with Crippen LogP contribution in [0.25, 0.3) is 0 Å². The summed E-state index contributed by atoms with van der Waals surface area (Å²) < 4.78 is 0. The van der Waals surface area contributed by atoms with Crippen LogP contribution in [-0.2, 0) is 9.59 Å². The van der Waals surface area contributed by atoms with Crippen LogP contribution in [0.3, 0.4) is 0 Å². The highest BCUT2D eigenvalue weighted by atomic mass is 16.2. The normalized spacial score (nSPS) is 32.8. The van der Waals surface area contributed by atoms with E-state index in [1.165, 1.54) is 0 Å². The van der Waals surface area contributed by atoms with E-state index in [2.05, 4.69) is 17.3 Å². The van der Waals surface area contributed by atoms with Gasteiger partial charge in [0.2, 0.25) is 11.8 Å². The maximum atomic E-state index is 12.4. The van der Waals surface area contributed by atoms with Crippen molar-refractivity contribution in [2.24, 2.45) is 5.92 Å². The summed E-state index contributed by atoms with van der Waals surface area (Å²) in [4.78, 5) is 28.5. The van der Waals surface area contributed by atoms with E-state index in [4.69, 9.17) is 0 Å². The van der Waals surface area contributed by atoms with Crippen LogP contribution in [0.4, 0.5) is 0 Å². The first-order valence-electron chi connectivity index (χ1n) is 7.32. The van der Waals surface area contributed by atoms with Crippen molar-refractivity contribution >= 4 is 11.8 Å². The molecule has 2 heterocycles. The van der Waals surface area contributed by atoms with E-state index < -0.39 is 0 Å². The van der Waals surface area contributed by atoms with Crippen LogP contribution in [0.2, 0.25) is 0 Å². The molecule has 2 fully saturated rings. The number of likely N-dealkylation sites (tertiary alicyclic amines) is 1. The molecule has 3 atom stereocenters. The minimum atomic E-state index is -0.327. The molecular weight excluding hydrogens is 242 g/mol. The number of rotatable bonds is 4. The second-order valence-corrected chi connectivity index (χ2v) is 5.93. The first-order chi connectivity index (χ1) is 9.02. The van der Waals surface area contributed by atoms with Crippen molar-refractivity contribution in [3.05, 3.63) is 0 Å². The maximum absolute atomic E-state index is 12.4. The summed E-state index contributed by atoms with van der Waals surface area (Å²) in [5.41, 5.74) is 0. The fourth-order valence-electron chi connectivity index (χ4n) is 3.07. The number of nitrogens with one attached hydrogen (secondary N) is 1. The smallest absolute Gasteiger partial charge is 0.245 e. The molecule has 1 N–H and O–H groups in total. The number of piperazine rings is 1. The van der Waals surface area contributed by atoms with Crippen molar-refractivity contribution in [3.8, 4) is 0 Å². The van der Waals surface area contributed by atoms with Crippen LogP contribution in [-0.4, -0.2) is 60.4 Å². The van der Waals surface area contributed by atoms with E-state index in [0.717, 1.165) is 38.9 Å². The first-order valence-corrected chi connectivity index (χ1v) is 7.32. The van der Waals surface area contributed by atoms with Crippen LogP contribution in [0.5, 0.6) is 0 Å². The highest BCUT2D eigenvalue weighted by molar-refractivity contribution is 5.96. The van der Waals surface area contributed by atoms with Crippen molar-refractivity contribution in [3.63, 3.8) is 0 Å². The average molecular weight is 267 g/mol. The second kappa shape index (κ2) is 5.90. The highest BCUT2D eigenvalue weighted by Gasteiger charge is 2.38. The summed E-state index contributed by atoms with van der Waals surface area (Å²) in [7, 11) is 2.11. The molecular formula is C14H25N3O2. The Labute approximate surface area is 115 Å². The van der Waals surface area contributed by atoms with E-state index in [1.807, 2.05) is 13.8 Å². The predicted molar refractivity (Wildman–Crippen MR) is 73.6 cm³/mol. The molecule has 19 heavy (non-hydrogen) atoms. The predicted octanol–water partition coefficient (Wildman–Crippen LogP) is 0.454. The number of amides is 2. The van der Waals surface area contributed by atoms with Gasteiger partial charge in [-0.1, -0.05) is 13.3 Å². The Hall–Kier alpha value is -1.10. The van der Waals surface area contributed by atoms with Gasteiger partial charge in [-0.15, -0.1) is 0 Å². The van der Waals surface area contributed by atoms with Gasteiger partial charge in [0.05, 0.1) is 0 Å². The molecule has 2 aliphatic rings. The number of carbonyl (C=O) groups is 2. The first kappa shape index (κ1) is 14.3. The van der Waals surface area contributed by atoms with Gasteiger partial charge in [0.15, 0.2) is 0 Å². The van der Waals surface area contributed by atoms with Gasteiger partial charge in [0.25, 0.3) is 0 Å². The van der Waals surface area contributed by atoms with Gasteiger partial charge >= 0.3 is 0 Å². The SMILES string of the molecule is CCCC1NC(=O)C(C)N(CC2CCN(C)C2)C1=O. The molecule has 0 bridgehead atoms. The number of carbonyl (C=O) groups excluding carboxylic acids is 2. The van der Waals surface area contributed by atoms with Gasteiger partial charge in [-0.25, -0.2) is 0 Å². The van der Waals surface area contributed by atoms with E-state index in [9.17, 15) is 9.59 Å². The van der Waals surface area contributed by atoms with Crippen LogP contribution in [0.15, 0.2) is 0 Å². The molecule has 2 amide bonds. The monoisotopic (exact) mass is 267 g/mol. The molecule has 3 unspecified atom stereocenters. The molecule has 0 saturated carbocycles. The van der Waals surface area contributed by atoms with Crippen LogP contribution < -0.4 is 5.32 Å². The van der Waals surface area contributed by atoms with Crippen LogP contribution >= 0.6 is 0 Å². The van der Waals surface area contributed by atoms with E-state index in [0.29, 0.717) is 5.92 Å². The lowest BCUT2D eigenvalue weighted by atomic mass is 10.0. The molecule has 0 aliphatic carbocycles. The quantitative estimate of drug-likeness (QED) is 0.805. The Balaban J connectivity index is 2.02. The third-order valence-corrected chi connectivity index (χ3v) is 4.27. The number of nitrogens with zero attached hydrogens (tertiary/aromatic N) is 2. The van der Waals surface area contributed by atoms with E-state index in [1.54, 1.807) is 4.90 Å². The molecule has 0 aromatic carbocycles. The van der Waals surface area contributed by atoms with Crippen molar-refractivity contribution in [2.75, 3.05) is 26.7 Å². The second-order valence-electron chi connectivity index (χ2n) is 5.93. The Bertz CT molecular complexity index is 359. The zero-order chi connectivity index (χ0) is 14.0. The van der Waals surface area contributed by atoms with Crippen molar-refractivity contribution < 1.29 is 9.59 Å². The van der Waals surface area contributed by atoms with Crippen molar-refractivity contribution in [1.29, 1.82) is 0 Å². The zero-order valence-corrected chi connectivity index (χ0v) is 12.2. The summed E-state index contributed by atoms with van der Waals surface area (Å²) in [6, 6.07) is -0.639. The fourth-order valence-corrected chi connectivity index (χ4v) is 3.07. The molecule has 0 spiro atoms. The molecule has 5 nitrogen and oxygen atoms in total. The van der Waals surface area contributed by atoms with E-state index >= 15 is 0 Å². The Morgan fingerprint density at radius 3 is 2.68 bits per heavy atom. The topological polar surface area (TPSA) is 52.7 Å². The molecule has 5 heteroatoms. The lowest BCUT2D eigenvalue weighted by Crippen LogP contribution is -2.63. The third kappa shape index (κ3) is 3.08. The average Bonchev–Trinajstić information content (AvgIpc) is 2.77. The summed E-state index contributed by atoms with van der Waals surface area (Å²) in [6.07, 6.45) is 2.76. The lowest BCUT2D eigenvalue weighted by molar-refractivity contribution is -0.149. The van der Waals surface area contributed by atoms with Gasteiger partial charge in [-0.2, -0.15) is 0 Å². The molecule has 2 rings (SSSR count). The largest absolute Gasteiger partial charge is 0.343 e. The molecule has 0 radical (unpaired) electrons. The Kier molecular flexibility index (Phi) is 4.45. The Morgan fingerprint density at radius 2 is 2.11 bits per heavy atom. The zero-order valence-electron chi connectivity index (χ0n) is 12.2. The van der Waals surface area contributed by atoms with Gasteiger partial charge in [-0.05, 0) is 39.3 Å². The summed E-state index contributed by atoms with van der Waals surface area (Å²) in [5, 5.41) is 2.84. The van der Waals surface area contributed by atoms with Crippen LogP contribution in [0.1, 0.15) is 33.1 Å². The Morgan fingerprint density at radius 1 is 1.37 bits per heavy atom. The molecule has 0 aromatic rings. The fraction of sp³-hybridized carbons (Fsp3) is 0.857. The summed E-state index contributed by atoms with van der Waals surface area (Å²) >= 11 is 0. The maximum Gasteiger partial charge on any atom is 0.245 e. The molecule has 2 aliphatic heterocycles. The van der Waals surface area contributed by atoms with Gasteiger partial charge < -0.3 is 15.1 Å². The lowest BCUT2D eigenvalue weighted by Gasteiger charge is -2.38.